The molecule has 1 heterocycles. The summed E-state index contributed by atoms with van der Waals surface area (Å²) < 4.78 is 1.53. The molecule has 0 atom stereocenters. The van der Waals surface area contributed by atoms with Crippen LogP contribution < -0.4 is 5.32 Å². The van der Waals surface area contributed by atoms with Crippen molar-refractivity contribution in [2.45, 2.75) is 51.6 Å². The van der Waals surface area contributed by atoms with Crippen LogP contribution in [-0.2, 0) is 11.3 Å². The van der Waals surface area contributed by atoms with Gasteiger partial charge in [0.1, 0.15) is 11.9 Å². The van der Waals surface area contributed by atoms with Crippen LogP contribution in [0.1, 0.15) is 52.7 Å². The van der Waals surface area contributed by atoms with Crippen molar-refractivity contribution < 1.29 is 9.59 Å². The van der Waals surface area contributed by atoms with E-state index in [9.17, 15) is 9.59 Å². The van der Waals surface area contributed by atoms with Crippen LogP contribution in [0, 0.1) is 13.8 Å². The van der Waals surface area contributed by atoms with Crippen LogP contribution in [0.25, 0.3) is 5.69 Å². The van der Waals surface area contributed by atoms with Crippen molar-refractivity contribution in [2.24, 2.45) is 0 Å². The van der Waals surface area contributed by atoms with Gasteiger partial charge in [0.15, 0.2) is 0 Å². The number of rotatable bonds is 7. The summed E-state index contributed by atoms with van der Waals surface area (Å²) in [6.07, 6.45) is 4.51. The molecule has 188 valence electrons. The van der Waals surface area contributed by atoms with E-state index in [0.29, 0.717) is 24.9 Å². The van der Waals surface area contributed by atoms with E-state index in [1.807, 2.05) is 74.5 Å². The highest BCUT2D eigenvalue weighted by molar-refractivity contribution is 6.04. The van der Waals surface area contributed by atoms with Gasteiger partial charge >= 0.3 is 0 Å². The Morgan fingerprint density at radius 1 is 0.919 bits per heavy atom. The summed E-state index contributed by atoms with van der Waals surface area (Å²) in [7, 11) is 0. The fourth-order valence-electron chi connectivity index (χ4n) is 5.20. The van der Waals surface area contributed by atoms with Crippen molar-refractivity contribution >= 4 is 17.5 Å². The number of anilines is 1. The number of benzene rings is 3. The lowest BCUT2D eigenvalue weighted by Crippen LogP contribution is -2.57. The summed E-state index contributed by atoms with van der Waals surface area (Å²) in [5.41, 5.74) is 4.11. The highest BCUT2D eigenvalue weighted by atomic mass is 16.2. The summed E-state index contributed by atoms with van der Waals surface area (Å²) >= 11 is 0. The van der Waals surface area contributed by atoms with Crippen molar-refractivity contribution in [3.05, 3.63) is 101 Å². The second-order valence-electron chi connectivity index (χ2n) is 9.64. The number of nitrogens with zero attached hydrogens (tertiary/aromatic N) is 5. The molecule has 0 bridgehead atoms. The predicted molar refractivity (Wildman–Crippen MR) is 141 cm³/mol. The van der Waals surface area contributed by atoms with Gasteiger partial charge in [-0.2, -0.15) is 0 Å². The summed E-state index contributed by atoms with van der Waals surface area (Å²) in [5.74, 6) is -0.303. The van der Waals surface area contributed by atoms with Crippen LogP contribution in [0.2, 0.25) is 0 Å². The monoisotopic (exact) mass is 494 g/mol. The second-order valence-corrected chi connectivity index (χ2v) is 9.64. The van der Waals surface area contributed by atoms with E-state index in [4.69, 9.17) is 0 Å². The van der Waals surface area contributed by atoms with Gasteiger partial charge in [0.25, 0.3) is 5.91 Å². The average Bonchev–Trinajstić information content (AvgIpc) is 3.63. The van der Waals surface area contributed by atoms with Crippen LogP contribution in [0.5, 0.6) is 0 Å². The molecule has 4 aromatic rings. The third-order valence-electron chi connectivity index (χ3n) is 7.25. The Balaban J connectivity index is 1.52. The minimum atomic E-state index is -0.948. The summed E-state index contributed by atoms with van der Waals surface area (Å²) in [4.78, 5) is 30.0. The second kappa shape index (κ2) is 10.3. The maximum Gasteiger partial charge on any atom is 0.255 e. The van der Waals surface area contributed by atoms with Crippen molar-refractivity contribution in [3.8, 4) is 5.69 Å². The molecule has 8 heteroatoms. The molecule has 0 aliphatic heterocycles. The van der Waals surface area contributed by atoms with Crippen LogP contribution in [0.15, 0.2) is 79.1 Å². The van der Waals surface area contributed by atoms with E-state index in [1.165, 1.54) is 11.0 Å². The highest BCUT2D eigenvalue weighted by Crippen LogP contribution is 2.39. The Bertz CT molecular complexity index is 1360. The van der Waals surface area contributed by atoms with Crippen molar-refractivity contribution in [1.29, 1.82) is 0 Å². The number of nitrogens with one attached hydrogen (secondary N) is 1. The van der Waals surface area contributed by atoms with Gasteiger partial charge in [0, 0.05) is 17.8 Å². The van der Waals surface area contributed by atoms with Gasteiger partial charge in [-0.3, -0.25) is 9.59 Å². The van der Waals surface area contributed by atoms with Crippen molar-refractivity contribution in [1.82, 2.24) is 25.1 Å². The highest BCUT2D eigenvalue weighted by Gasteiger charge is 2.48. The van der Waals surface area contributed by atoms with Gasteiger partial charge in [-0.1, -0.05) is 61.4 Å². The Labute approximate surface area is 216 Å². The van der Waals surface area contributed by atoms with Gasteiger partial charge in [0.2, 0.25) is 5.91 Å². The molecule has 1 aliphatic rings. The SMILES string of the molecule is Cc1cccc(C)c1NC(=O)C1(N(Cc2ccccc2)C(=O)c2ccc(-n3cnnn3)cc2)CCCC1. The first-order valence-electron chi connectivity index (χ1n) is 12.5. The lowest BCUT2D eigenvalue weighted by molar-refractivity contribution is -0.126. The number of hydrogen-bond acceptors (Lipinski definition) is 5. The summed E-state index contributed by atoms with van der Waals surface area (Å²) in [6.45, 7) is 4.32. The van der Waals surface area contributed by atoms with Crippen LogP contribution in [-0.4, -0.2) is 42.5 Å². The normalized spacial score (nSPS) is 14.3. The number of hydrogen-bond donors (Lipinski definition) is 1. The third kappa shape index (κ3) is 4.87. The molecule has 1 saturated carbocycles. The fourth-order valence-corrected chi connectivity index (χ4v) is 5.20. The van der Waals surface area contributed by atoms with Gasteiger partial charge in [-0.05, 0) is 78.1 Å². The van der Waals surface area contributed by atoms with Crippen LogP contribution in [0.3, 0.4) is 0 Å². The quantitative estimate of drug-likeness (QED) is 0.396. The van der Waals surface area contributed by atoms with Gasteiger partial charge < -0.3 is 10.2 Å². The average molecular weight is 495 g/mol. The largest absolute Gasteiger partial charge is 0.324 e. The van der Waals surface area contributed by atoms with Crippen molar-refractivity contribution in [3.63, 3.8) is 0 Å². The third-order valence-corrected chi connectivity index (χ3v) is 7.25. The van der Waals surface area contributed by atoms with E-state index in [-0.39, 0.29) is 11.8 Å². The zero-order valence-corrected chi connectivity index (χ0v) is 21.1. The van der Waals surface area contributed by atoms with E-state index in [0.717, 1.165) is 40.9 Å². The molecule has 37 heavy (non-hydrogen) atoms. The smallest absolute Gasteiger partial charge is 0.255 e. The molecule has 3 aromatic carbocycles. The number of carbonyl (C=O) groups excluding carboxylic acids is 2. The minimum Gasteiger partial charge on any atom is -0.324 e. The molecule has 5 rings (SSSR count). The first-order valence-corrected chi connectivity index (χ1v) is 12.5. The number of aromatic nitrogens is 4. The molecule has 0 unspecified atom stereocenters. The summed E-state index contributed by atoms with van der Waals surface area (Å²) in [6, 6.07) is 23.0. The van der Waals surface area contributed by atoms with E-state index in [2.05, 4.69) is 20.8 Å². The van der Waals surface area contributed by atoms with Gasteiger partial charge in [0.05, 0.1) is 5.69 Å². The first kappa shape index (κ1) is 24.4. The predicted octanol–water partition coefficient (Wildman–Crippen LogP) is 4.87. The molecular formula is C29H30N6O2. The molecule has 1 aliphatic carbocycles. The molecule has 2 amide bonds. The Morgan fingerprint density at radius 2 is 1.59 bits per heavy atom. The molecule has 1 fully saturated rings. The molecular weight excluding hydrogens is 464 g/mol. The maximum absolute atomic E-state index is 14.1. The first-order chi connectivity index (χ1) is 18.0. The number of aryl methyl sites for hydroxylation is 2. The topological polar surface area (TPSA) is 93.0 Å². The lowest BCUT2D eigenvalue weighted by atomic mass is 9.91. The Hall–Kier alpha value is -4.33. The minimum absolute atomic E-state index is 0.128. The zero-order chi connectivity index (χ0) is 25.8. The van der Waals surface area contributed by atoms with E-state index in [1.54, 1.807) is 17.0 Å². The molecule has 0 spiro atoms. The molecule has 0 saturated heterocycles. The maximum atomic E-state index is 14.1. The van der Waals surface area contributed by atoms with Gasteiger partial charge in [-0.15, -0.1) is 5.10 Å². The van der Waals surface area contributed by atoms with E-state index < -0.39 is 5.54 Å². The lowest BCUT2D eigenvalue weighted by Gasteiger charge is -2.40. The number of para-hydroxylation sites is 1. The number of carbonyl (C=O) groups is 2. The zero-order valence-electron chi connectivity index (χ0n) is 21.1. The number of tetrazole rings is 1. The van der Waals surface area contributed by atoms with Crippen LogP contribution in [0.4, 0.5) is 5.69 Å². The molecule has 1 N–H and O–H groups in total. The summed E-state index contributed by atoms with van der Waals surface area (Å²) in [5, 5.41) is 14.5. The van der Waals surface area contributed by atoms with Gasteiger partial charge in [-0.25, -0.2) is 4.68 Å². The van der Waals surface area contributed by atoms with E-state index >= 15 is 0 Å². The molecule has 0 radical (unpaired) electrons. The van der Waals surface area contributed by atoms with Crippen molar-refractivity contribution in [2.75, 3.05) is 5.32 Å². The number of amides is 2. The molecule has 1 aromatic heterocycles. The standard InChI is InChI=1S/C29H30N6O2/c1-21-9-8-10-22(2)26(21)31-28(37)29(17-6-7-18-29)34(19-23-11-4-3-5-12-23)27(36)24-13-15-25(16-14-24)35-20-30-32-33-35/h3-5,8-16,20H,6-7,17-19H2,1-2H3,(H,31,37). The molecule has 8 nitrogen and oxygen atoms in total. The Morgan fingerprint density at radius 3 is 2.22 bits per heavy atom. The Kier molecular flexibility index (Phi) is 6.81. The van der Waals surface area contributed by atoms with Crippen LogP contribution >= 0.6 is 0 Å². The fraction of sp³-hybridized carbons (Fsp3) is 0.276.